The summed E-state index contributed by atoms with van der Waals surface area (Å²) < 4.78 is 7.34. The minimum absolute atomic E-state index is 0.0527. The van der Waals surface area contributed by atoms with E-state index in [9.17, 15) is 10.0 Å². The predicted molar refractivity (Wildman–Crippen MR) is 90.9 cm³/mol. The lowest BCUT2D eigenvalue weighted by molar-refractivity contribution is -0.0971. The summed E-state index contributed by atoms with van der Waals surface area (Å²) in [5.74, 6) is 1.48. The summed E-state index contributed by atoms with van der Waals surface area (Å²) >= 11 is 0. The van der Waals surface area contributed by atoms with E-state index in [1.807, 2.05) is 38.1 Å². The molecule has 1 heterocycles. The van der Waals surface area contributed by atoms with Crippen LogP contribution in [-0.4, -0.2) is 33.1 Å². The molecule has 24 heavy (non-hydrogen) atoms. The molecule has 0 bridgehead atoms. The highest BCUT2D eigenvalue weighted by atomic mass is 16.5. The van der Waals surface area contributed by atoms with Gasteiger partial charge in [0.05, 0.1) is 19.8 Å². The highest BCUT2D eigenvalue weighted by molar-refractivity contribution is 5.27. The second kappa shape index (κ2) is 8.58. The zero-order valence-electron chi connectivity index (χ0n) is 14.1. The van der Waals surface area contributed by atoms with Crippen LogP contribution >= 0.6 is 0 Å². The van der Waals surface area contributed by atoms with Gasteiger partial charge >= 0.3 is 0 Å². The Labute approximate surface area is 141 Å². The van der Waals surface area contributed by atoms with Gasteiger partial charge in [0, 0.05) is 18.2 Å². The van der Waals surface area contributed by atoms with Crippen LogP contribution in [0.2, 0.25) is 0 Å². The molecule has 2 aromatic rings. The third-order valence-corrected chi connectivity index (χ3v) is 3.61. The van der Waals surface area contributed by atoms with E-state index in [0.717, 1.165) is 22.1 Å². The minimum Gasteiger partial charge on any atom is -0.492 e. The summed E-state index contributed by atoms with van der Waals surface area (Å²) in [5.41, 5.74) is 6.95. The highest BCUT2D eigenvalue weighted by Gasteiger charge is 2.06. The number of nitrogens with zero attached hydrogens (tertiary/aromatic N) is 3. The maximum absolute atomic E-state index is 12.1. The number of nitrogens with two attached hydrogens (primary N) is 1. The summed E-state index contributed by atoms with van der Waals surface area (Å²) in [4.78, 5) is 16.5. The molecule has 0 aliphatic heterocycles. The van der Waals surface area contributed by atoms with Gasteiger partial charge in [-0.1, -0.05) is 19.1 Å². The minimum atomic E-state index is -0.0527. The highest BCUT2D eigenvalue weighted by Crippen LogP contribution is 2.13. The van der Waals surface area contributed by atoms with Gasteiger partial charge in [0.15, 0.2) is 0 Å². The van der Waals surface area contributed by atoms with Gasteiger partial charge in [-0.2, -0.15) is 5.06 Å². The van der Waals surface area contributed by atoms with Crippen molar-refractivity contribution in [1.82, 2.24) is 14.6 Å². The first-order chi connectivity index (χ1) is 11.5. The molecule has 0 saturated heterocycles. The van der Waals surface area contributed by atoms with Crippen LogP contribution in [0.3, 0.4) is 0 Å². The summed E-state index contributed by atoms with van der Waals surface area (Å²) in [6.45, 7) is 5.07. The van der Waals surface area contributed by atoms with Crippen LogP contribution in [0.4, 0.5) is 0 Å². The Morgan fingerprint density at radius 3 is 2.67 bits per heavy atom. The number of hydrogen-bond donors (Lipinski definition) is 2. The van der Waals surface area contributed by atoms with E-state index in [0.29, 0.717) is 31.9 Å². The Hall–Kier alpha value is -2.22. The van der Waals surface area contributed by atoms with Crippen molar-refractivity contribution in [2.75, 3.05) is 13.3 Å². The van der Waals surface area contributed by atoms with Crippen molar-refractivity contribution >= 4 is 0 Å². The standard InChI is InChI=1S/C17H24N4O3/c1-3-16-19-13(2)10-17(22)21(16)8-9-24-15-6-4-14(5-7-15)11-20(23)12-18/h4-7,10,23H,3,8-9,11-12,18H2,1-2H3. The van der Waals surface area contributed by atoms with Crippen molar-refractivity contribution < 1.29 is 9.94 Å². The fourth-order valence-corrected chi connectivity index (χ4v) is 2.41. The smallest absolute Gasteiger partial charge is 0.253 e. The van der Waals surface area contributed by atoms with Crippen LogP contribution in [0, 0.1) is 6.92 Å². The lowest BCUT2D eigenvalue weighted by Crippen LogP contribution is -2.27. The quantitative estimate of drug-likeness (QED) is 0.559. The summed E-state index contributed by atoms with van der Waals surface area (Å²) in [6.07, 6.45) is 0.699. The normalized spacial score (nSPS) is 11.0. The van der Waals surface area contributed by atoms with Gasteiger partial charge < -0.3 is 15.7 Å². The van der Waals surface area contributed by atoms with Gasteiger partial charge in [-0.05, 0) is 24.6 Å². The number of hydrogen-bond acceptors (Lipinski definition) is 6. The first kappa shape index (κ1) is 18.1. The molecular formula is C17H24N4O3. The fraction of sp³-hybridized carbons (Fsp3) is 0.412. The number of benzene rings is 1. The van der Waals surface area contributed by atoms with Crippen LogP contribution < -0.4 is 16.0 Å². The van der Waals surface area contributed by atoms with E-state index in [1.54, 1.807) is 4.57 Å². The second-order valence-electron chi connectivity index (χ2n) is 5.50. The van der Waals surface area contributed by atoms with Crippen molar-refractivity contribution in [2.45, 2.75) is 33.4 Å². The monoisotopic (exact) mass is 332 g/mol. The Balaban J connectivity index is 1.94. The molecule has 0 amide bonds. The number of rotatable bonds is 8. The zero-order valence-corrected chi connectivity index (χ0v) is 14.1. The summed E-state index contributed by atoms with van der Waals surface area (Å²) in [5, 5.41) is 10.4. The number of aromatic nitrogens is 2. The molecule has 3 N–H and O–H groups in total. The van der Waals surface area contributed by atoms with Gasteiger partial charge in [0.25, 0.3) is 5.56 Å². The molecular weight excluding hydrogens is 308 g/mol. The fourth-order valence-electron chi connectivity index (χ4n) is 2.41. The molecule has 2 rings (SSSR count). The largest absolute Gasteiger partial charge is 0.492 e. The number of ether oxygens (including phenoxy) is 1. The molecule has 1 aromatic heterocycles. The van der Waals surface area contributed by atoms with Crippen molar-refractivity contribution in [3.05, 3.63) is 57.8 Å². The lowest BCUT2D eigenvalue weighted by atomic mass is 10.2. The lowest BCUT2D eigenvalue weighted by Gasteiger charge is -2.13. The Kier molecular flexibility index (Phi) is 6.48. The molecule has 0 saturated carbocycles. The van der Waals surface area contributed by atoms with Crippen LogP contribution in [0.15, 0.2) is 35.1 Å². The van der Waals surface area contributed by atoms with Gasteiger partial charge in [0.1, 0.15) is 18.2 Å². The Morgan fingerprint density at radius 2 is 2.04 bits per heavy atom. The first-order valence-electron chi connectivity index (χ1n) is 7.96. The average Bonchev–Trinajstić information content (AvgIpc) is 2.57. The van der Waals surface area contributed by atoms with Crippen LogP contribution in [0.5, 0.6) is 5.75 Å². The molecule has 0 aliphatic carbocycles. The summed E-state index contributed by atoms with van der Waals surface area (Å²) in [7, 11) is 0. The number of hydroxylamine groups is 2. The predicted octanol–water partition coefficient (Wildman–Crippen LogP) is 1.30. The average molecular weight is 332 g/mol. The van der Waals surface area contributed by atoms with Gasteiger partial charge in [-0.15, -0.1) is 0 Å². The maximum Gasteiger partial charge on any atom is 0.253 e. The molecule has 1 aromatic carbocycles. The van der Waals surface area contributed by atoms with E-state index in [2.05, 4.69) is 4.98 Å². The molecule has 7 heteroatoms. The molecule has 0 radical (unpaired) electrons. The third kappa shape index (κ3) is 4.89. The topological polar surface area (TPSA) is 93.6 Å². The van der Waals surface area contributed by atoms with E-state index >= 15 is 0 Å². The van der Waals surface area contributed by atoms with Crippen molar-refractivity contribution in [3.8, 4) is 5.75 Å². The van der Waals surface area contributed by atoms with Gasteiger partial charge in [-0.25, -0.2) is 4.98 Å². The first-order valence-corrected chi connectivity index (χ1v) is 7.96. The Morgan fingerprint density at radius 1 is 1.33 bits per heavy atom. The molecule has 0 atom stereocenters. The van der Waals surface area contributed by atoms with E-state index in [-0.39, 0.29) is 12.2 Å². The molecule has 0 unspecified atom stereocenters. The molecule has 7 nitrogen and oxygen atoms in total. The van der Waals surface area contributed by atoms with Gasteiger partial charge in [0.2, 0.25) is 0 Å². The second-order valence-corrected chi connectivity index (χ2v) is 5.50. The van der Waals surface area contributed by atoms with E-state index in [4.69, 9.17) is 10.5 Å². The molecule has 130 valence electrons. The van der Waals surface area contributed by atoms with Crippen molar-refractivity contribution in [3.63, 3.8) is 0 Å². The van der Waals surface area contributed by atoms with Crippen LogP contribution in [0.1, 0.15) is 24.0 Å². The SMILES string of the molecule is CCc1nc(C)cc(=O)n1CCOc1ccc(CN(O)CN)cc1. The summed E-state index contributed by atoms with van der Waals surface area (Å²) in [6, 6.07) is 8.93. The molecule has 0 aliphatic rings. The van der Waals surface area contributed by atoms with Crippen molar-refractivity contribution in [1.29, 1.82) is 0 Å². The van der Waals surface area contributed by atoms with Gasteiger partial charge in [-0.3, -0.25) is 9.36 Å². The number of aryl methyl sites for hydroxylation is 2. The maximum atomic E-state index is 12.1. The third-order valence-electron chi connectivity index (χ3n) is 3.61. The van der Waals surface area contributed by atoms with Crippen LogP contribution in [0.25, 0.3) is 0 Å². The van der Waals surface area contributed by atoms with E-state index in [1.165, 1.54) is 6.07 Å². The Bertz CT molecular complexity index is 713. The molecule has 0 fully saturated rings. The molecule has 0 spiro atoms. The van der Waals surface area contributed by atoms with Crippen LogP contribution in [-0.2, 0) is 19.5 Å². The zero-order chi connectivity index (χ0) is 17.5. The van der Waals surface area contributed by atoms with E-state index < -0.39 is 0 Å². The van der Waals surface area contributed by atoms with Crippen molar-refractivity contribution in [2.24, 2.45) is 5.73 Å².